The zero-order valence-electron chi connectivity index (χ0n) is 12.0. The number of piperidine rings is 1. The maximum absolute atomic E-state index is 12.1. The zero-order chi connectivity index (χ0) is 14.8. The fourth-order valence-electron chi connectivity index (χ4n) is 2.95. The Morgan fingerprint density at radius 2 is 1.80 bits per heavy atom. The Hall–Kier alpha value is -1.30. The molecule has 0 radical (unpaired) electrons. The highest BCUT2D eigenvalue weighted by atomic mass is 16.4. The first-order chi connectivity index (χ1) is 9.42. The van der Waals surface area contributed by atoms with Gasteiger partial charge < -0.3 is 20.4 Å². The molecule has 1 aliphatic heterocycles. The predicted molar refractivity (Wildman–Crippen MR) is 73.3 cm³/mol. The van der Waals surface area contributed by atoms with Crippen molar-refractivity contribution >= 4 is 12.0 Å². The fraction of sp³-hybridized carbons (Fsp3) is 0.857. The van der Waals surface area contributed by atoms with Crippen molar-refractivity contribution < 1.29 is 19.8 Å². The van der Waals surface area contributed by atoms with Gasteiger partial charge in [0.2, 0.25) is 0 Å². The van der Waals surface area contributed by atoms with E-state index in [1.165, 1.54) is 0 Å². The summed E-state index contributed by atoms with van der Waals surface area (Å²) < 4.78 is 0. The zero-order valence-corrected chi connectivity index (χ0v) is 12.0. The number of hydrogen-bond donors (Lipinski definition) is 3. The number of aliphatic hydroxyl groups excluding tert-OH is 1. The van der Waals surface area contributed by atoms with Gasteiger partial charge in [-0.05, 0) is 32.6 Å². The number of likely N-dealkylation sites (tertiary alicyclic amines) is 1. The number of hydrogen-bond acceptors (Lipinski definition) is 3. The van der Waals surface area contributed by atoms with Crippen molar-refractivity contribution in [3.8, 4) is 0 Å². The molecule has 6 heteroatoms. The Balaban J connectivity index is 1.84. The van der Waals surface area contributed by atoms with Crippen LogP contribution in [0.2, 0.25) is 0 Å². The quantitative estimate of drug-likeness (QED) is 0.710. The first kappa shape index (κ1) is 15.1. The Labute approximate surface area is 119 Å². The number of carbonyl (C=O) groups is 2. The molecule has 0 aromatic carbocycles. The van der Waals surface area contributed by atoms with Crippen molar-refractivity contribution in [1.82, 2.24) is 10.2 Å². The first-order valence-electron chi connectivity index (χ1n) is 7.39. The number of carboxylic acids is 1. The summed E-state index contributed by atoms with van der Waals surface area (Å²) in [5, 5.41) is 21.9. The van der Waals surface area contributed by atoms with Gasteiger partial charge in [0, 0.05) is 13.1 Å². The molecule has 2 aliphatic rings. The van der Waals surface area contributed by atoms with Gasteiger partial charge >= 0.3 is 12.0 Å². The van der Waals surface area contributed by atoms with Gasteiger partial charge in [0.1, 0.15) is 0 Å². The van der Waals surface area contributed by atoms with E-state index in [0.717, 1.165) is 25.7 Å². The van der Waals surface area contributed by atoms with E-state index in [0.29, 0.717) is 25.9 Å². The van der Waals surface area contributed by atoms with Gasteiger partial charge in [-0.2, -0.15) is 0 Å². The van der Waals surface area contributed by atoms with Gasteiger partial charge in [0.25, 0.3) is 0 Å². The molecule has 1 aliphatic carbocycles. The minimum absolute atomic E-state index is 0.163. The van der Waals surface area contributed by atoms with Crippen LogP contribution in [0.4, 0.5) is 4.79 Å². The second-order valence-electron chi connectivity index (χ2n) is 6.26. The van der Waals surface area contributed by atoms with E-state index in [-0.39, 0.29) is 12.1 Å². The molecular weight excluding hydrogens is 260 g/mol. The highest BCUT2D eigenvalue weighted by molar-refractivity contribution is 5.77. The Kier molecular flexibility index (Phi) is 4.52. The van der Waals surface area contributed by atoms with Crippen molar-refractivity contribution in [1.29, 1.82) is 0 Å². The minimum Gasteiger partial charge on any atom is -0.481 e. The lowest BCUT2D eigenvalue weighted by molar-refractivity contribution is -0.150. The van der Waals surface area contributed by atoms with Crippen LogP contribution in [0, 0.1) is 5.41 Å². The Morgan fingerprint density at radius 1 is 1.20 bits per heavy atom. The standard InChI is InChI=1S/C14H24N2O4/c1-14(12(18)19)6-8-16(9-7-14)13(20)15-10-4-2-3-5-11(10)17/h10-11,17H,2-9H2,1H3,(H,15,20)(H,18,19). The summed E-state index contributed by atoms with van der Waals surface area (Å²) >= 11 is 0. The number of aliphatic hydroxyl groups is 1. The second-order valence-corrected chi connectivity index (χ2v) is 6.26. The first-order valence-corrected chi connectivity index (χ1v) is 7.39. The van der Waals surface area contributed by atoms with Crippen LogP contribution >= 0.6 is 0 Å². The number of carbonyl (C=O) groups excluding carboxylic acids is 1. The number of nitrogens with zero attached hydrogens (tertiary/aromatic N) is 1. The van der Waals surface area contributed by atoms with Crippen LogP contribution in [0.15, 0.2) is 0 Å². The summed E-state index contributed by atoms with van der Waals surface area (Å²) in [6.45, 7) is 2.64. The molecule has 0 bridgehead atoms. The van der Waals surface area contributed by atoms with E-state index in [2.05, 4.69) is 5.32 Å². The average Bonchev–Trinajstić information content (AvgIpc) is 2.42. The van der Waals surface area contributed by atoms with E-state index >= 15 is 0 Å². The van der Waals surface area contributed by atoms with Gasteiger partial charge in [0.15, 0.2) is 0 Å². The number of urea groups is 1. The molecule has 2 fully saturated rings. The molecule has 2 atom stereocenters. The normalized spacial score (nSPS) is 29.8. The highest BCUT2D eigenvalue weighted by Crippen LogP contribution is 2.31. The molecule has 1 heterocycles. The monoisotopic (exact) mass is 284 g/mol. The van der Waals surface area contributed by atoms with Crippen LogP contribution in [0.5, 0.6) is 0 Å². The Bertz CT molecular complexity index is 377. The molecule has 114 valence electrons. The molecule has 3 N–H and O–H groups in total. The molecular formula is C14H24N2O4. The maximum Gasteiger partial charge on any atom is 0.317 e. The number of amides is 2. The topological polar surface area (TPSA) is 89.9 Å². The van der Waals surface area contributed by atoms with E-state index in [1.807, 2.05) is 0 Å². The smallest absolute Gasteiger partial charge is 0.317 e. The van der Waals surface area contributed by atoms with Gasteiger partial charge in [-0.15, -0.1) is 0 Å². The molecule has 20 heavy (non-hydrogen) atoms. The predicted octanol–water partition coefficient (Wildman–Crippen LogP) is 1.19. The largest absolute Gasteiger partial charge is 0.481 e. The third kappa shape index (κ3) is 3.23. The lowest BCUT2D eigenvalue weighted by Crippen LogP contribution is -2.53. The molecule has 2 unspecified atom stereocenters. The molecule has 1 saturated heterocycles. The summed E-state index contributed by atoms with van der Waals surface area (Å²) in [5.74, 6) is -0.791. The molecule has 6 nitrogen and oxygen atoms in total. The molecule has 0 spiro atoms. The van der Waals surface area contributed by atoms with Crippen molar-refractivity contribution in [3.05, 3.63) is 0 Å². The number of aliphatic carboxylic acids is 1. The SMILES string of the molecule is CC1(C(=O)O)CCN(C(=O)NC2CCCCC2O)CC1. The van der Waals surface area contributed by atoms with E-state index < -0.39 is 17.5 Å². The van der Waals surface area contributed by atoms with Crippen molar-refractivity contribution in [2.75, 3.05) is 13.1 Å². The van der Waals surface area contributed by atoms with Gasteiger partial charge in [-0.25, -0.2) is 4.79 Å². The lowest BCUT2D eigenvalue weighted by Gasteiger charge is -2.38. The average molecular weight is 284 g/mol. The van der Waals surface area contributed by atoms with Crippen molar-refractivity contribution in [2.45, 2.75) is 57.6 Å². The van der Waals surface area contributed by atoms with Gasteiger partial charge in [-0.1, -0.05) is 12.8 Å². The number of rotatable bonds is 2. The fourth-order valence-corrected chi connectivity index (χ4v) is 2.95. The molecule has 0 aromatic heterocycles. The van der Waals surface area contributed by atoms with Crippen LogP contribution in [0.25, 0.3) is 0 Å². The van der Waals surface area contributed by atoms with Gasteiger partial charge in [-0.3, -0.25) is 4.79 Å². The van der Waals surface area contributed by atoms with Crippen LogP contribution in [0.1, 0.15) is 45.4 Å². The minimum atomic E-state index is -0.791. The molecule has 2 amide bonds. The van der Waals surface area contributed by atoms with Gasteiger partial charge in [0.05, 0.1) is 17.6 Å². The number of nitrogens with one attached hydrogen (secondary N) is 1. The van der Waals surface area contributed by atoms with E-state index in [4.69, 9.17) is 5.11 Å². The second kappa shape index (κ2) is 5.99. The summed E-state index contributed by atoms with van der Waals surface area (Å²) in [4.78, 5) is 25.0. The Morgan fingerprint density at radius 3 is 2.35 bits per heavy atom. The van der Waals surface area contributed by atoms with E-state index in [1.54, 1.807) is 11.8 Å². The molecule has 0 aromatic rings. The van der Waals surface area contributed by atoms with Crippen LogP contribution in [0.3, 0.4) is 0 Å². The van der Waals surface area contributed by atoms with Crippen LogP contribution in [-0.2, 0) is 4.79 Å². The number of carboxylic acid groups (broad SMARTS) is 1. The maximum atomic E-state index is 12.1. The molecule has 1 saturated carbocycles. The van der Waals surface area contributed by atoms with Crippen LogP contribution in [-0.4, -0.2) is 52.3 Å². The van der Waals surface area contributed by atoms with E-state index in [9.17, 15) is 14.7 Å². The van der Waals surface area contributed by atoms with Crippen molar-refractivity contribution in [3.63, 3.8) is 0 Å². The summed E-state index contributed by atoms with van der Waals surface area (Å²) in [5.41, 5.74) is -0.721. The third-order valence-corrected chi connectivity index (χ3v) is 4.71. The lowest BCUT2D eigenvalue weighted by atomic mass is 9.80. The third-order valence-electron chi connectivity index (χ3n) is 4.71. The highest BCUT2D eigenvalue weighted by Gasteiger charge is 2.38. The van der Waals surface area contributed by atoms with Crippen LogP contribution < -0.4 is 5.32 Å². The summed E-state index contributed by atoms with van der Waals surface area (Å²) in [6.07, 6.45) is 4.08. The summed E-state index contributed by atoms with van der Waals surface area (Å²) in [6, 6.07) is -0.340. The van der Waals surface area contributed by atoms with Crippen molar-refractivity contribution in [2.24, 2.45) is 5.41 Å². The summed E-state index contributed by atoms with van der Waals surface area (Å²) in [7, 11) is 0. The molecule has 2 rings (SSSR count).